The van der Waals surface area contributed by atoms with Gasteiger partial charge in [0.1, 0.15) is 22.5 Å². The molecular weight excluding hydrogens is 904 g/mol. The van der Waals surface area contributed by atoms with Gasteiger partial charge in [0.05, 0.1) is 47.2 Å². The number of aromatic amines is 1. The molecule has 5 heterocycles. The lowest BCUT2D eigenvalue weighted by Gasteiger charge is -2.39. The van der Waals surface area contributed by atoms with Gasteiger partial charge >= 0.3 is 5.97 Å². The van der Waals surface area contributed by atoms with E-state index in [4.69, 9.17) is 26.1 Å². The van der Waals surface area contributed by atoms with Gasteiger partial charge in [0.2, 0.25) is 0 Å². The number of hydrogen-bond donors (Lipinski definition) is 3. The van der Waals surface area contributed by atoms with Gasteiger partial charge < -0.3 is 24.5 Å². The molecule has 0 unspecified atom stereocenters. The van der Waals surface area contributed by atoms with Crippen LogP contribution in [0.25, 0.3) is 33.3 Å². The van der Waals surface area contributed by atoms with Gasteiger partial charge in [0.25, 0.3) is 15.9 Å². The Morgan fingerprint density at radius 2 is 1.69 bits per heavy atom. The van der Waals surface area contributed by atoms with Gasteiger partial charge in [0, 0.05) is 74.1 Å². The van der Waals surface area contributed by atoms with Crippen LogP contribution in [-0.4, -0.2) is 126 Å². The van der Waals surface area contributed by atoms with Crippen LogP contribution in [0, 0.1) is 5.41 Å². The maximum absolute atomic E-state index is 14.3. The first-order valence-corrected chi connectivity index (χ1v) is 25.5. The summed E-state index contributed by atoms with van der Waals surface area (Å²) >= 11 is 6.27. The minimum atomic E-state index is -4.57. The second kappa shape index (κ2) is 19.0. The fourth-order valence-corrected chi connectivity index (χ4v) is 11.5. The highest BCUT2D eigenvalue weighted by Gasteiger charge is 2.32. The minimum Gasteiger partial charge on any atom is -0.490 e. The maximum atomic E-state index is 14.3. The van der Waals surface area contributed by atoms with Gasteiger partial charge in [-0.15, -0.1) is 0 Å². The summed E-state index contributed by atoms with van der Waals surface area (Å²) in [6.07, 6.45) is 9.73. The number of allylic oxidation sites excluding steroid dienone is 1. The zero-order valence-corrected chi connectivity index (χ0v) is 40.0. The number of aromatic nitrogens is 4. The van der Waals surface area contributed by atoms with Crippen LogP contribution in [0.2, 0.25) is 5.02 Å². The quantitative estimate of drug-likeness (QED) is 0.108. The molecule has 0 atom stereocenters. The van der Waals surface area contributed by atoms with Gasteiger partial charge in [-0.3, -0.25) is 14.6 Å². The van der Waals surface area contributed by atoms with Gasteiger partial charge in [-0.05, 0) is 122 Å². The number of piperazine rings is 1. The number of carboxylic acid groups (broad SMARTS) is 1. The van der Waals surface area contributed by atoms with Crippen molar-refractivity contribution >= 4 is 66.8 Å². The largest absolute Gasteiger partial charge is 0.490 e. The number of sulfonamides is 1. The van der Waals surface area contributed by atoms with Crippen LogP contribution in [0.4, 0.5) is 5.69 Å². The number of carbonyl (C=O) groups excluding carboxylic acids is 1. The van der Waals surface area contributed by atoms with E-state index in [9.17, 15) is 23.1 Å². The number of nitrogens with one attached hydrogen (secondary N) is 2. The summed E-state index contributed by atoms with van der Waals surface area (Å²) in [5, 5.41) is 16.5. The van der Waals surface area contributed by atoms with Crippen molar-refractivity contribution in [2.45, 2.75) is 75.8 Å². The number of pyridine rings is 1. The SMILES string of the molecule is CC1(C)CCC(CN2CCN(c3ccc(C(=O)NS(=O)(=O)c4ccc(O[C@H]5CC[C@H](N6CCOCC6)CC5)c(C(=O)O)c4)c(-n4ncc5nc6[nH]ccc6cc54)c3)CC2)=C(c2ccc(Cl)cc2)C1. The Kier molecular flexibility index (Phi) is 12.8. The van der Waals surface area contributed by atoms with Crippen molar-refractivity contribution in [2.24, 2.45) is 5.41 Å². The third-order valence-electron chi connectivity index (χ3n) is 14.3. The fraction of sp³-hybridized carbons (Fsp3) is 0.412. The topological polar surface area (TPSA) is 175 Å². The van der Waals surface area contributed by atoms with Crippen molar-refractivity contribution in [3.05, 3.63) is 112 Å². The monoisotopic (exact) mass is 960 g/mol. The summed E-state index contributed by atoms with van der Waals surface area (Å²) < 4.78 is 43.6. The highest BCUT2D eigenvalue weighted by atomic mass is 35.5. The summed E-state index contributed by atoms with van der Waals surface area (Å²) in [4.78, 5) is 41.6. The number of carboxylic acids is 1. The lowest BCUT2D eigenvalue weighted by atomic mass is 9.72. The summed E-state index contributed by atoms with van der Waals surface area (Å²) in [6, 6.07) is 21.5. The number of anilines is 1. The molecule has 1 saturated carbocycles. The van der Waals surface area contributed by atoms with E-state index < -0.39 is 21.9 Å². The molecule has 3 N–H and O–H groups in total. The lowest BCUT2D eigenvalue weighted by Crippen LogP contribution is -2.47. The molecule has 3 aromatic heterocycles. The van der Waals surface area contributed by atoms with Crippen molar-refractivity contribution in [3.8, 4) is 11.4 Å². The molecule has 2 aliphatic carbocycles. The molecule has 0 spiro atoms. The Bertz CT molecular complexity index is 3000. The van der Waals surface area contributed by atoms with Crippen molar-refractivity contribution < 1.29 is 32.6 Å². The molecule has 17 heteroatoms. The Hall–Kier alpha value is -5.78. The van der Waals surface area contributed by atoms with E-state index in [0.717, 1.165) is 126 Å². The van der Waals surface area contributed by atoms with E-state index in [1.165, 1.54) is 28.8 Å². The molecule has 10 rings (SSSR count). The number of amides is 1. The maximum Gasteiger partial charge on any atom is 0.339 e. The number of H-pyrrole nitrogens is 1. The van der Waals surface area contributed by atoms with E-state index in [1.54, 1.807) is 23.1 Å². The van der Waals surface area contributed by atoms with Crippen LogP contribution >= 0.6 is 11.6 Å². The third kappa shape index (κ3) is 9.74. The summed E-state index contributed by atoms with van der Waals surface area (Å²) in [6.45, 7) is 12.0. The highest BCUT2D eigenvalue weighted by molar-refractivity contribution is 7.90. The molecule has 68 heavy (non-hydrogen) atoms. The van der Waals surface area contributed by atoms with Gasteiger partial charge in [0.15, 0.2) is 0 Å². The first kappa shape index (κ1) is 46.0. The van der Waals surface area contributed by atoms with E-state index in [0.29, 0.717) is 28.4 Å². The zero-order valence-electron chi connectivity index (χ0n) is 38.4. The predicted molar refractivity (Wildman–Crippen MR) is 262 cm³/mol. The van der Waals surface area contributed by atoms with Crippen LogP contribution in [0.1, 0.15) is 85.1 Å². The normalized spacial score (nSPS) is 20.8. The summed E-state index contributed by atoms with van der Waals surface area (Å²) in [5.74, 6) is -2.15. The molecule has 1 amide bonds. The number of ether oxygens (including phenoxy) is 2. The lowest BCUT2D eigenvalue weighted by molar-refractivity contribution is -0.00113. The standard InChI is InChI=1S/C51H57ClN8O7S/c1-51(2)17-15-35(43(30-51)33-3-5-36(52)6-4-33)32-57-19-21-58(22-20-57)38-9-13-41(45(28-38)60-46-27-34-16-18-53-48(34)55-44(46)31-54-60)49(61)56-68(64,65)40-12-14-47(42(29-40)50(62)63)67-39-10-7-37(8-11-39)59-23-25-66-26-24-59/h3-6,9,12-14,16,18,27-29,31,37,39H,7-8,10-11,15,17,19-26,30,32H2,1-2H3,(H,53,55)(H,56,61)(H,62,63)/t37-,39-. The van der Waals surface area contributed by atoms with Crippen molar-refractivity contribution in [1.82, 2.24) is 34.3 Å². The van der Waals surface area contributed by atoms with Gasteiger partial charge in [-0.2, -0.15) is 5.10 Å². The number of morpholine rings is 1. The number of carbonyl (C=O) groups is 2. The first-order chi connectivity index (χ1) is 32.8. The fourth-order valence-electron chi connectivity index (χ4n) is 10.4. The van der Waals surface area contributed by atoms with E-state index in [2.05, 4.69) is 55.5 Å². The Morgan fingerprint density at radius 1 is 0.926 bits per heavy atom. The number of nitrogens with zero attached hydrogens (tertiary/aromatic N) is 6. The average Bonchev–Trinajstić information content (AvgIpc) is 3.98. The minimum absolute atomic E-state index is 0.0584. The molecule has 6 aromatic rings. The molecule has 0 bridgehead atoms. The van der Waals surface area contributed by atoms with E-state index in [-0.39, 0.29) is 33.3 Å². The van der Waals surface area contributed by atoms with Gasteiger partial charge in [-0.25, -0.2) is 27.6 Å². The smallest absolute Gasteiger partial charge is 0.339 e. The van der Waals surface area contributed by atoms with E-state index >= 15 is 0 Å². The number of fused-ring (bicyclic) bond motifs is 2. The number of hydrogen-bond acceptors (Lipinski definition) is 11. The number of aromatic carboxylic acids is 1. The van der Waals surface area contributed by atoms with Crippen LogP contribution in [-0.2, 0) is 14.8 Å². The van der Waals surface area contributed by atoms with Crippen molar-refractivity contribution in [3.63, 3.8) is 0 Å². The Balaban J connectivity index is 0.884. The van der Waals surface area contributed by atoms with Crippen LogP contribution in [0.15, 0.2) is 95.7 Å². The van der Waals surface area contributed by atoms with Crippen LogP contribution in [0.5, 0.6) is 5.75 Å². The summed E-state index contributed by atoms with van der Waals surface area (Å²) in [7, 11) is -4.57. The molecule has 15 nitrogen and oxygen atoms in total. The molecule has 0 radical (unpaired) electrons. The molecule has 2 aliphatic heterocycles. The van der Waals surface area contributed by atoms with E-state index in [1.807, 2.05) is 36.4 Å². The molecule has 3 fully saturated rings. The second-order valence-electron chi connectivity index (χ2n) is 19.4. The number of rotatable bonds is 12. The molecule has 3 aromatic carbocycles. The van der Waals surface area contributed by atoms with Gasteiger partial charge in [-0.1, -0.05) is 43.2 Å². The first-order valence-electron chi connectivity index (χ1n) is 23.6. The second-order valence-corrected chi connectivity index (χ2v) is 21.5. The molecule has 4 aliphatic rings. The average molecular weight is 962 g/mol. The third-order valence-corrected chi connectivity index (χ3v) is 15.9. The molecular formula is C51H57ClN8O7S. The Morgan fingerprint density at radius 3 is 2.44 bits per heavy atom. The number of benzene rings is 3. The van der Waals surface area contributed by atoms with Crippen LogP contribution in [0.3, 0.4) is 0 Å². The van der Waals surface area contributed by atoms with Crippen molar-refractivity contribution in [1.29, 1.82) is 0 Å². The van der Waals surface area contributed by atoms with Crippen LogP contribution < -0.4 is 14.4 Å². The zero-order chi connectivity index (χ0) is 47.2. The predicted octanol–water partition coefficient (Wildman–Crippen LogP) is 8.18. The van der Waals surface area contributed by atoms with Crippen molar-refractivity contribution in [2.75, 3.05) is 63.9 Å². The molecule has 2 saturated heterocycles. The highest BCUT2D eigenvalue weighted by Crippen LogP contribution is 2.43. The Labute approximate surface area is 401 Å². The molecule has 356 valence electrons. The summed E-state index contributed by atoms with van der Waals surface area (Å²) in [5.41, 5.74) is 7.24. The number of halogens is 1.